The molecule has 5 nitrogen and oxygen atoms in total. The Morgan fingerprint density at radius 2 is 2.30 bits per heavy atom. The zero-order chi connectivity index (χ0) is 14.1. The van der Waals surface area contributed by atoms with E-state index >= 15 is 0 Å². The molecule has 3 rings (SSSR count). The largest absolute Gasteiger partial charge is 0.368 e. The molecule has 1 aromatic rings. The molecule has 0 bridgehead atoms. The van der Waals surface area contributed by atoms with Crippen molar-refractivity contribution in [2.75, 3.05) is 13.2 Å². The van der Waals surface area contributed by atoms with Crippen molar-refractivity contribution in [2.45, 2.75) is 44.8 Å². The molecule has 2 fully saturated rings. The molecule has 2 atom stereocenters. The number of hydrogen-bond acceptors (Lipinski definition) is 3. The van der Waals surface area contributed by atoms with E-state index in [-0.39, 0.29) is 18.1 Å². The molecule has 0 spiro atoms. The average molecular weight is 277 g/mol. The number of ether oxygens (including phenoxy) is 1. The van der Waals surface area contributed by atoms with Crippen LogP contribution in [-0.4, -0.2) is 39.8 Å². The fourth-order valence-corrected chi connectivity index (χ4v) is 2.86. The number of carbonyl (C=O) groups excluding carboxylic acids is 1. The van der Waals surface area contributed by atoms with Gasteiger partial charge in [0.15, 0.2) is 0 Å². The summed E-state index contributed by atoms with van der Waals surface area (Å²) < 4.78 is 7.51. The van der Waals surface area contributed by atoms with Gasteiger partial charge in [0.1, 0.15) is 6.10 Å². The zero-order valence-electron chi connectivity index (χ0n) is 12.3. The summed E-state index contributed by atoms with van der Waals surface area (Å²) in [4.78, 5) is 14.5. The Morgan fingerprint density at radius 1 is 1.50 bits per heavy atom. The Labute approximate surface area is 119 Å². The Hall–Kier alpha value is -1.36. The summed E-state index contributed by atoms with van der Waals surface area (Å²) >= 11 is 0. The van der Waals surface area contributed by atoms with Gasteiger partial charge in [0.25, 0.3) is 5.91 Å². The van der Waals surface area contributed by atoms with Gasteiger partial charge in [0.05, 0.1) is 18.8 Å². The van der Waals surface area contributed by atoms with Crippen molar-refractivity contribution in [3.63, 3.8) is 0 Å². The first kappa shape index (κ1) is 13.6. The molecule has 2 aliphatic rings. The molecule has 20 heavy (non-hydrogen) atoms. The Morgan fingerprint density at radius 3 is 2.95 bits per heavy atom. The standard InChI is InChI=1S/C15H23N3O2/c1-11(20-10-12-5-6-12)15(19)18-7-3-4-14(18)13-8-16-17(2)9-13/h8-9,11-12,14H,3-7,10H2,1-2H3/t11-,14-/m0/s1. The maximum Gasteiger partial charge on any atom is 0.251 e. The van der Waals surface area contributed by atoms with Crippen LogP contribution < -0.4 is 0 Å². The van der Waals surface area contributed by atoms with Crippen LogP contribution in [0.2, 0.25) is 0 Å². The quantitative estimate of drug-likeness (QED) is 0.826. The minimum atomic E-state index is -0.326. The molecule has 0 radical (unpaired) electrons. The highest BCUT2D eigenvalue weighted by molar-refractivity contribution is 5.81. The van der Waals surface area contributed by atoms with E-state index in [0.29, 0.717) is 5.92 Å². The van der Waals surface area contributed by atoms with Gasteiger partial charge in [-0.3, -0.25) is 9.48 Å². The summed E-state index contributed by atoms with van der Waals surface area (Å²) in [5.74, 6) is 0.815. The van der Waals surface area contributed by atoms with Crippen molar-refractivity contribution in [2.24, 2.45) is 13.0 Å². The normalized spacial score (nSPS) is 24.1. The Balaban J connectivity index is 1.63. The molecular weight excluding hydrogens is 254 g/mol. The number of rotatable bonds is 5. The molecule has 0 unspecified atom stereocenters. The monoisotopic (exact) mass is 277 g/mol. The lowest BCUT2D eigenvalue weighted by atomic mass is 10.1. The minimum absolute atomic E-state index is 0.122. The number of nitrogens with zero attached hydrogens (tertiary/aromatic N) is 3. The second kappa shape index (κ2) is 5.56. The third kappa shape index (κ3) is 2.87. The summed E-state index contributed by atoms with van der Waals surface area (Å²) in [5.41, 5.74) is 1.13. The van der Waals surface area contributed by atoms with Crippen LogP contribution in [-0.2, 0) is 16.6 Å². The molecule has 0 aromatic carbocycles. The third-order valence-electron chi connectivity index (χ3n) is 4.27. The fraction of sp³-hybridized carbons (Fsp3) is 0.733. The van der Waals surface area contributed by atoms with E-state index in [2.05, 4.69) is 5.10 Å². The number of hydrogen-bond donors (Lipinski definition) is 0. The van der Waals surface area contributed by atoms with Crippen LogP contribution in [0.5, 0.6) is 0 Å². The number of carbonyl (C=O) groups is 1. The number of amides is 1. The van der Waals surface area contributed by atoms with E-state index in [1.54, 1.807) is 4.68 Å². The van der Waals surface area contributed by atoms with Gasteiger partial charge in [-0.15, -0.1) is 0 Å². The lowest BCUT2D eigenvalue weighted by Gasteiger charge is -2.27. The maximum absolute atomic E-state index is 12.5. The highest BCUT2D eigenvalue weighted by atomic mass is 16.5. The van der Waals surface area contributed by atoms with E-state index in [4.69, 9.17) is 4.74 Å². The van der Waals surface area contributed by atoms with Crippen molar-refractivity contribution in [3.8, 4) is 0 Å². The van der Waals surface area contributed by atoms with E-state index in [0.717, 1.165) is 31.6 Å². The van der Waals surface area contributed by atoms with Crippen LogP contribution in [0.3, 0.4) is 0 Å². The average Bonchev–Trinajstić information content (AvgIpc) is 2.96. The van der Waals surface area contributed by atoms with Crippen molar-refractivity contribution in [1.82, 2.24) is 14.7 Å². The first-order valence-electron chi connectivity index (χ1n) is 7.56. The molecule has 0 N–H and O–H groups in total. The summed E-state index contributed by atoms with van der Waals surface area (Å²) in [6.07, 6.45) is 8.13. The molecule has 1 aromatic heterocycles. The summed E-state index contributed by atoms with van der Waals surface area (Å²) in [5, 5.41) is 4.22. The van der Waals surface area contributed by atoms with Crippen molar-refractivity contribution in [1.29, 1.82) is 0 Å². The van der Waals surface area contributed by atoms with Gasteiger partial charge in [-0.1, -0.05) is 0 Å². The van der Waals surface area contributed by atoms with E-state index in [9.17, 15) is 4.79 Å². The van der Waals surface area contributed by atoms with Gasteiger partial charge in [-0.05, 0) is 38.5 Å². The predicted octanol–water partition coefficient (Wildman–Crippen LogP) is 1.90. The smallest absolute Gasteiger partial charge is 0.251 e. The lowest BCUT2D eigenvalue weighted by Crippen LogP contribution is -2.38. The van der Waals surface area contributed by atoms with Gasteiger partial charge in [-0.25, -0.2) is 0 Å². The molecule has 1 aliphatic carbocycles. The van der Waals surface area contributed by atoms with E-state index < -0.39 is 0 Å². The van der Waals surface area contributed by atoms with Gasteiger partial charge in [-0.2, -0.15) is 5.10 Å². The van der Waals surface area contributed by atoms with Crippen LogP contribution in [0.1, 0.15) is 44.2 Å². The van der Waals surface area contributed by atoms with Gasteiger partial charge >= 0.3 is 0 Å². The van der Waals surface area contributed by atoms with Crippen LogP contribution in [0.4, 0.5) is 0 Å². The van der Waals surface area contributed by atoms with Crippen molar-refractivity contribution >= 4 is 5.91 Å². The number of likely N-dealkylation sites (tertiary alicyclic amines) is 1. The summed E-state index contributed by atoms with van der Waals surface area (Å²) in [6.45, 7) is 3.44. The minimum Gasteiger partial charge on any atom is -0.368 e. The van der Waals surface area contributed by atoms with Crippen LogP contribution in [0, 0.1) is 5.92 Å². The molecule has 1 saturated carbocycles. The topological polar surface area (TPSA) is 47.4 Å². The lowest BCUT2D eigenvalue weighted by molar-refractivity contribution is -0.143. The van der Waals surface area contributed by atoms with Crippen LogP contribution >= 0.6 is 0 Å². The zero-order valence-corrected chi connectivity index (χ0v) is 12.3. The number of aryl methyl sites for hydroxylation is 1. The number of aromatic nitrogens is 2. The van der Waals surface area contributed by atoms with Gasteiger partial charge < -0.3 is 9.64 Å². The molecule has 110 valence electrons. The van der Waals surface area contributed by atoms with Gasteiger partial charge in [0, 0.05) is 25.4 Å². The highest BCUT2D eigenvalue weighted by Gasteiger charge is 2.34. The molecule has 1 aliphatic heterocycles. The fourth-order valence-electron chi connectivity index (χ4n) is 2.86. The van der Waals surface area contributed by atoms with E-state index in [1.165, 1.54) is 12.8 Å². The SMILES string of the molecule is C[C@H](OCC1CC1)C(=O)N1CCC[C@H]1c1cnn(C)c1. The molecular formula is C15H23N3O2. The van der Waals surface area contributed by atoms with Crippen molar-refractivity contribution in [3.05, 3.63) is 18.0 Å². The third-order valence-corrected chi connectivity index (χ3v) is 4.27. The summed E-state index contributed by atoms with van der Waals surface area (Å²) in [7, 11) is 1.91. The molecule has 5 heteroatoms. The Bertz CT molecular complexity index is 481. The molecule has 1 saturated heterocycles. The molecule has 2 heterocycles. The highest BCUT2D eigenvalue weighted by Crippen LogP contribution is 2.33. The predicted molar refractivity (Wildman–Crippen MR) is 75.0 cm³/mol. The van der Waals surface area contributed by atoms with Crippen LogP contribution in [0.25, 0.3) is 0 Å². The van der Waals surface area contributed by atoms with Crippen molar-refractivity contribution < 1.29 is 9.53 Å². The Kier molecular flexibility index (Phi) is 3.78. The summed E-state index contributed by atoms with van der Waals surface area (Å²) in [6, 6.07) is 0.170. The second-order valence-corrected chi connectivity index (χ2v) is 6.06. The van der Waals surface area contributed by atoms with Gasteiger partial charge in [0.2, 0.25) is 0 Å². The first-order valence-corrected chi connectivity index (χ1v) is 7.56. The van der Waals surface area contributed by atoms with E-state index in [1.807, 2.05) is 31.3 Å². The maximum atomic E-state index is 12.5. The first-order chi connectivity index (χ1) is 9.65. The van der Waals surface area contributed by atoms with Crippen LogP contribution in [0.15, 0.2) is 12.4 Å². The second-order valence-electron chi connectivity index (χ2n) is 6.06. The molecule has 1 amide bonds.